The third-order valence-electron chi connectivity index (χ3n) is 6.31. The van der Waals surface area contributed by atoms with Gasteiger partial charge in [-0.15, -0.1) is 0 Å². The molecule has 0 N–H and O–H groups in total. The minimum atomic E-state index is -8.74. The van der Waals surface area contributed by atoms with E-state index in [4.69, 9.17) is 0 Å². The summed E-state index contributed by atoms with van der Waals surface area (Å²) in [7, 11) is -8.61. The van der Waals surface area contributed by atoms with Gasteiger partial charge in [0.1, 0.15) is 0 Å². The van der Waals surface area contributed by atoms with E-state index in [1.807, 2.05) is 0 Å². The second-order valence-electron chi connectivity index (χ2n) is 9.37. The summed E-state index contributed by atoms with van der Waals surface area (Å²) in [5.74, 6) is -64.8. The molecule has 0 heterocycles. The maximum atomic E-state index is 14.4. The van der Waals surface area contributed by atoms with E-state index in [0.717, 1.165) is 0 Å². The van der Waals surface area contributed by atoms with Crippen LogP contribution in [0.25, 0.3) is 0 Å². The smallest absolute Gasteiger partial charge is 0.229 e. The Bertz CT molecular complexity index is 1310. The Morgan fingerprint density at radius 3 is 1.09 bits per heavy atom. The molecule has 0 saturated heterocycles. The average Bonchev–Trinajstić information content (AvgIpc) is 2.79. The Balaban J connectivity index is 3.64. The molecule has 0 aromatic carbocycles. The van der Waals surface area contributed by atoms with Gasteiger partial charge in [-0.2, -0.15) is 113 Å². The highest BCUT2D eigenvalue weighted by atomic mass is 35.5. The number of halogens is 26. The van der Waals surface area contributed by atoms with Crippen LogP contribution in [-0.4, -0.2) is 90.4 Å². The van der Waals surface area contributed by atoms with Crippen LogP contribution in [0.4, 0.5) is 110 Å². The lowest BCUT2D eigenvalue weighted by Gasteiger charge is -2.57. The molecule has 0 bridgehead atoms. The molecule has 1 saturated carbocycles. The molecule has 0 radical (unpaired) electrons. The van der Waals surface area contributed by atoms with E-state index < -0.39 is 106 Å². The minimum absolute atomic E-state index is 1.43. The average molecular weight is 805 g/mol. The molecule has 0 aromatic heterocycles. The molecule has 1 rings (SSSR count). The summed E-state index contributed by atoms with van der Waals surface area (Å²) in [6, 6.07) is 0. The topological polar surface area (TPSA) is 52.6 Å². The molecule has 4 nitrogen and oxygen atoms in total. The Hall–Kier alpha value is -1.59. The van der Waals surface area contributed by atoms with Crippen molar-refractivity contribution in [3.8, 4) is 0 Å². The molecule has 1 fully saturated rings. The van der Waals surface area contributed by atoms with E-state index in [2.05, 4.69) is 11.6 Å². The van der Waals surface area contributed by atoms with E-state index in [1.54, 1.807) is 4.18 Å². The third kappa shape index (κ3) is 4.92. The SMILES string of the molecule is C[C@](F)(C(F)(F)OS(=O)(=O)OC(F)(F)C(F)(F)C(F)(F)C1(F)C(F)(F)C(F)(F)C1(F)F)C(F)(F)C(F)(F)C(F)(F)[C@](C)(F)C(F)(F)Cl. The first kappa shape index (κ1) is 43.4. The molecule has 282 valence electrons. The molecule has 2 atom stereocenters. The van der Waals surface area contributed by atoms with Crippen LogP contribution in [0.3, 0.4) is 0 Å². The summed E-state index contributed by atoms with van der Waals surface area (Å²) in [5.41, 5.74) is -22.0. The van der Waals surface area contributed by atoms with Crippen molar-refractivity contribution >= 4 is 22.0 Å². The van der Waals surface area contributed by atoms with Gasteiger partial charge in [-0.05, 0) is 25.4 Å². The maximum absolute atomic E-state index is 14.4. The van der Waals surface area contributed by atoms with Gasteiger partial charge in [0.15, 0.2) is 0 Å². The van der Waals surface area contributed by atoms with Crippen molar-refractivity contribution < 1.29 is 127 Å². The summed E-state index contributed by atoms with van der Waals surface area (Å²) in [5, 5.41) is -6.39. The van der Waals surface area contributed by atoms with Gasteiger partial charge >= 0.3 is 81.0 Å². The van der Waals surface area contributed by atoms with Gasteiger partial charge in [-0.3, -0.25) is 0 Å². The first-order chi connectivity index (χ1) is 19.7. The number of hydrogen-bond acceptors (Lipinski definition) is 4. The van der Waals surface area contributed by atoms with Crippen LogP contribution >= 0.6 is 11.6 Å². The Labute approximate surface area is 245 Å². The zero-order valence-corrected chi connectivity index (χ0v) is 22.4. The van der Waals surface area contributed by atoms with Crippen LogP contribution in [0.2, 0.25) is 0 Å². The predicted octanol–water partition coefficient (Wildman–Crippen LogP) is 8.54. The van der Waals surface area contributed by atoms with Crippen molar-refractivity contribution in [1.29, 1.82) is 0 Å². The van der Waals surface area contributed by atoms with Crippen molar-refractivity contribution in [3.63, 3.8) is 0 Å². The molecule has 1 aliphatic carbocycles. The summed E-state index contributed by atoms with van der Waals surface area (Å²) in [6.07, 6.45) is -16.2. The highest BCUT2D eigenvalue weighted by molar-refractivity contribution is 7.81. The normalized spacial score (nSPS) is 23.8. The van der Waals surface area contributed by atoms with Crippen molar-refractivity contribution in [2.45, 2.75) is 95.8 Å². The number of hydrogen-bond donors (Lipinski definition) is 0. The summed E-state index contributed by atoms with van der Waals surface area (Å²) in [4.78, 5) is 0. The highest BCUT2D eigenvalue weighted by Gasteiger charge is 3.09. The molecule has 0 amide bonds. The van der Waals surface area contributed by atoms with Gasteiger partial charge < -0.3 is 0 Å². The van der Waals surface area contributed by atoms with Crippen LogP contribution in [0, 0.1) is 0 Å². The first-order valence-corrected chi connectivity index (χ1v) is 11.9. The Kier molecular flexibility index (Phi) is 9.46. The lowest BCUT2D eigenvalue weighted by Crippen LogP contribution is -2.91. The van der Waals surface area contributed by atoms with Gasteiger partial charge in [0.2, 0.25) is 0 Å². The predicted molar refractivity (Wildman–Crippen MR) is 94.2 cm³/mol. The number of alkyl halides is 26. The second kappa shape index (κ2) is 10.2. The first-order valence-electron chi connectivity index (χ1n) is 10.2. The lowest BCUT2D eigenvalue weighted by molar-refractivity contribution is -0.531. The molecule has 1 aliphatic rings. The van der Waals surface area contributed by atoms with E-state index in [-0.39, 0.29) is 0 Å². The summed E-state index contributed by atoms with van der Waals surface area (Å²) < 4.78 is 365. The quantitative estimate of drug-likeness (QED) is 0.139. The fourth-order valence-corrected chi connectivity index (χ4v) is 4.04. The standard InChI is InChI=1S/C16H6ClF25O4S/c1-3(18,14(17,37)38)6(21,22)11(31,32)7(23,24)4(2,19)15(39,40)45-47(43,44)46-16(41,42)13(35,36)10(29,30)5(20)8(25,26)12(33,34)9(5,27)28/h1-2H3/t3-,4+/m0/s1. The van der Waals surface area contributed by atoms with Crippen LogP contribution in [0.15, 0.2) is 0 Å². The van der Waals surface area contributed by atoms with Gasteiger partial charge in [-0.25, -0.2) is 13.2 Å². The monoisotopic (exact) mass is 804 g/mol. The van der Waals surface area contributed by atoms with Gasteiger partial charge in [0, 0.05) is 0 Å². The summed E-state index contributed by atoms with van der Waals surface area (Å²) >= 11 is 3.71. The second-order valence-corrected chi connectivity index (χ2v) is 11.0. The zero-order chi connectivity index (χ0) is 38.9. The van der Waals surface area contributed by atoms with Gasteiger partial charge in [-0.1, -0.05) is 0 Å². The molecular weight excluding hydrogens is 799 g/mol. The van der Waals surface area contributed by atoms with E-state index >= 15 is 0 Å². The van der Waals surface area contributed by atoms with E-state index in [0.29, 0.717) is 0 Å². The van der Waals surface area contributed by atoms with Crippen molar-refractivity contribution in [2.24, 2.45) is 0 Å². The van der Waals surface area contributed by atoms with Gasteiger partial charge in [0.05, 0.1) is 0 Å². The lowest BCUT2D eigenvalue weighted by atomic mass is 9.64. The van der Waals surface area contributed by atoms with E-state index in [1.165, 1.54) is 4.18 Å². The molecule has 47 heavy (non-hydrogen) atoms. The molecule has 0 aliphatic heterocycles. The van der Waals surface area contributed by atoms with Crippen LogP contribution in [-0.2, 0) is 18.8 Å². The molecule has 0 aromatic rings. The molecule has 31 heteroatoms. The fourth-order valence-electron chi connectivity index (χ4n) is 3.11. The molecular formula is C16H6ClF25O4S. The van der Waals surface area contributed by atoms with Crippen LogP contribution in [0.1, 0.15) is 13.8 Å². The fraction of sp³-hybridized carbons (Fsp3) is 1.00. The minimum Gasteiger partial charge on any atom is -0.229 e. The third-order valence-corrected chi connectivity index (χ3v) is 7.49. The Morgan fingerprint density at radius 2 is 0.766 bits per heavy atom. The zero-order valence-electron chi connectivity index (χ0n) is 20.9. The van der Waals surface area contributed by atoms with Crippen molar-refractivity contribution in [3.05, 3.63) is 0 Å². The molecule has 0 unspecified atom stereocenters. The Morgan fingerprint density at radius 1 is 0.468 bits per heavy atom. The van der Waals surface area contributed by atoms with E-state index in [9.17, 15) is 118 Å². The highest BCUT2D eigenvalue weighted by Crippen LogP contribution is 2.75. The largest absolute Gasteiger partial charge is 0.441 e. The summed E-state index contributed by atoms with van der Waals surface area (Å²) in [6.45, 7) is -3.34. The van der Waals surface area contributed by atoms with Crippen LogP contribution < -0.4 is 0 Å². The van der Waals surface area contributed by atoms with Crippen molar-refractivity contribution in [1.82, 2.24) is 0 Å². The van der Waals surface area contributed by atoms with Crippen molar-refractivity contribution in [2.75, 3.05) is 0 Å². The van der Waals surface area contributed by atoms with Gasteiger partial charge in [0.25, 0.3) is 11.3 Å². The maximum Gasteiger partial charge on any atom is 0.441 e. The van der Waals surface area contributed by atoms with Crippen LogP contribution in [0.5, 0.6) is 0 Å². The molecule has 0 spiro atoms. The number of rotatable bonds is 13.